The van der Waals surface area contributed by atoms with Gasteiger partial charge in [0, 0.05) is 11.1 Å². The molecule has 0 aliphatic carbocycles. The molecule has 5 heteroatoms. The first-order chi connectivity index (χ1) is 6.63. The summed E-state index contributed by atoms with van der Waals surface area (Å²) >= 11 is 5.68. The number of benzene rings is 1. The maximum atomic E-state index is 10.4. The van der Waals surface area contributed by atoms with Crippen molar-refractivity contribution in [3.05, 3.63) is 28.8 Å². The Hall–Kier alpha value is -1.73. The molecule has 72 valence electrons. The molecule has 1 aromatic carbocycles. The lowest BCUT2D eigenvalue weighted by Crippen LogP contribution is -2.20. The number of carbonyl (C=O) groups excluding carboxylic acids is 1. The summed E-state index contributed by atoms with van der Waals surface area (Å²) in [5, 5.41) is 9.12. The van der Waals surface area contributed by atoms with Crippen molar-refractivity contribution in [2.24, 2.45) is 5.73 Å². The van der Waals surface area contributed by atoms with E-state index < -0.39 is 5.91 Å². The highest BCUT2D eigenvalue weighted by atomic mass is 35.5. The number of primary amides is 1. The Bertz CT molecular complexity index is 398. The average molecular weight is 211 g/mol. The minimum atomic E-state index is -0.603. The number of rotatable bonds is 3. The van der Waals surface area contributed by atoms with Crippen molar-refractivity contribution < 1.29 is 9.53 Å². The summed E-state index contributed by atoms with van der Waals surface area (Å²) in [4.78, 5) is 10.4. The fourth-order valence-corrected chi connectivity index (χ4v) is 1.02. The van der Waals surface area contributed by atoms with Gasteiger partial charge in [-0.1, -0.05) is 11.6 Å². The highest BCUT2D eigenvalue weighted by Crippen LogP contribution is 2.22. The fourth-order valence-electron chi connectivity index (χ4n) is 0.857. The number of halogens is 1. The van der Waals surface area contributed by atoms with Crippen molar-refractivity contribution in [2.75, 3.05) is 6.61 Å². The van der Waals surface area contributed by atoms with E-state index in [-0.39, 0.29) is 12.4 Å². The summed E-state index contributed by atoms with van der Waals surface area (Å²) < 4.78 is 4.99. The zero-order valence-corrected chi connectivity index (χ0v) is 7.91. The van der Waals surface area contributed by atoms with Gasteiger partial charge in [-0.15, -0.1) is 0 Å². The van der Waals surface area contributed by atoms with E-state index in [1.54, 1.807) is 6.07 Å². The Morgan fingerprint density at radius 2 is 2.36 bits per heavy atom. The quantitative estimate of drug-likeness (QED) is 0.811. The van der Waals surface area contributed by atoms with Gasteiger partial charge in [-0.2, -0.15) is 5.26 Å². The smallest absolute Gasteiger partial charge is 0.255 e. The normalized spacial score (nSPS) is 9.14. The predicted molar refractivity (Wildman–Crippen MR) is 50.9 cm³/mol. The average Bonchev–Trinajstić information content (AvgIpc) is 2.15. The number of carbonyl (C=O) groups is 1. The molecule has 0 atom stereocenters. The second-order valence-electron chi connectivity index (χ2n) is 2.51. The zero-order valence-electron chi connectivity index (χ0n) is 7.16. The Balaban J connectivity index is 2.89. The first-order valence-corrected chi connectivity index (χ1v) is 4.12. The van der Waals surface area contributed by atoms with Gasteiger partial charge in [-0.05, 0) is 12.1 Å². The molecule has 0 aliphatic heterocycles. The number of nitriles is 1. The molecule has 0 unspecified atom stereocenters. The van der Waals surface area contributed by atoms with Crippen LogP contribution in [0.5, 0.6) is 5.75 Å². The maximum Gasteiger partial charge on any atom is 0.255 e. The van der Waals surface area contributed by atoms with Gasteiger partial charge in [0.05, 0.1) is 5.56 Å². The van der Waals surface area contributed by atoms with E-state index in [0.717, 1.165) is 0 Å². The third kappa shape index (κ3) is 2.64. The van der Waals surface area contributed by atoms with Crippen LogP contribution in [0.4, 0.5) is 0 Å². The van der Waals surface area contributed by atoms with E-state index >= 15 is 0 Å². The molecule has 14 heavy (non-hydrogen) atoms. The summed E-state index contributed by atoms with van der Waals surface area (Å²) in [6.07, 6.45) is 0. The predicted octanol–water partition coefficient (Wildman–Crippen LogP) is 1.08. The third-order valence-electron chi connectivity index (χ3n) is 1.43. The zero-order chi connectivity index (χ0) is 10.6. The molecule has 0 heterocycles. The topological polar surface area (TPSA) is 76.1 Å². The maximum absolute atomic E-state index is 10.4. The molecule has 1 amide bonds. The lowest BCUT2D eigenvalue weighted by Gasteiger charge is -2.05. The van der Waals surface area contributed by atoms with E-state index in [9.17, 15) is 4.79 Å². The van der Waals surface area contributed by atoms with Crippen LogP contribution in [0, 0.1) is 11.3 Å². The molecule has 0 aromatic heterocycles. The molecule has 0 spiro atoms. The fraction of sp³-hybridized carbons (Fsp3) is 0.111. The molecule has 1 aromatic rings. The number of nitrogens with two attached hydrogens (primary N) is 1. The lowest BCUT2D eigenvalue weighted by atomic mass is 10.2. The second-order valence-corrected chi connectivity index (χ2v) is 2.94. The van der Waals surface area contributed by atoms with Gasteiger partial charge in [0.1, 0.15) is 11.8 Å². The molecule has 4 nitrogen and oxygen atoms in total. The summed E-state index contributed by atoms with van der Waals surface area (Å²) in [5.74, 6) is -0.340. The Labute approximate surface area is 85.8 Å². The number of hydrogen-bond acceptors (Lipinski definition) is 3. The van der Waals surface area contributed by atoms with Crippen LogP contribution in [0.15, 0.2) is 18.2 Å². The first kappa shape index (κ1) is 10.4. The van der Waals surface area contributed by atoms with Gasteiger partial charge >= 0.3 is 0 Å². The SMILES string of the molecule is N#Cc1ccc(Cl)cc1OCC(N)=O. The number of nitrogens with zero attached hydrogens (tertiary/aromatic N) is 1. The summed E-state index contributed by atoms with van der Waals surface area (Å²) in [6.45, 7) is -0.269. The molecule has 0 bridgehead atoms. The summed E-state index contributed by atoms with van der Waals surface area (Å²) in [7, 11) is 0. The van der Waals surface area contributed by atoms with Gasteiger partial charge in [-0.25, -0.2) is 0 Å². The molecule has 0 aliphatic rings. The Morgan fingerprint density at radius 1 is 1.64 bits per heavy atom. The van der Waals surface area contributed by atoms with E-state index in [1.165, 1.54) is 12.1 Å². The van der Waals surface area contributed by atoms with Crippen molar-refractivity contribution >= 4 is 17.5 Å². The van der Waals surface area contributed by atoms with Crippen molar-refractivity contribution in [1.82, 2.24) is 0 Å². The van der Waals surface area contributed by atoms with Crippen LogP contribution in [0.1, 0.15) is 5.56 Å². The Morgan fingerprint density at radius 3 is 2.93 bits per heavy atom. The second kappa shape index (κ2) is 4.49. The number of ether oxygens (including phenoxy) is 1. The highest BCUT2D eigenvalue weighted by Gasteiger charge is 2.05. The van der Waals surface area contributed by atoms with Crippen LogP contribution in [0.2, 0.25) is 5.02 Å². The highest BCUT2D eigenvalue weighted by molar-refractivity contribution is 6.30. The molecular formula is C9H7ClN2O2. The summed E-state index contributed by atoms with van der Waals surface area (Å²) in [5.41, 5.74) is 5.21. The van der Waals surface area contributed by atoms with Crippen LogP contribution < -0.4 is 10.5 Å². The van der Waals surface area contributed by atoms with E-state index in [0.29, 0.717) is 10.6 Å². The van der Waals surface area contributed by atoms with Gasteiger partial charge < -0.3 is 10.5 Å². The molecule has 0 fully saturated rings. The Kier molecular flexibility index (Phi) is 3.32. The molecule has 0 saturated carbocycles. The lowest BCUT2D eigenvalue weighted by molar-refractivity contribution is -0.119. The third-order valence-corrected chi connectivity index (χ3v) is 1.67. The van der Waals surface area contributed by atoms with Gasteiger partial charge in [0.25, 0.3) is 5.91 Å². The standard InChI is InChI=1S/C9H7ClN2O2/c10-7-2-1-6(4-11)8(3-7)14-5-9(12)13/h1-3H,5H2,(H2,12,13). The van der Waals surface area contributed by atoms with E-state index in [1.807, 2.05) is 6.07 Å². The largest absolute Gasteiger partial charge is 0.482 e. The van der Waals surface area contributed by atoms with Crippen LogP contribution in [0.3, 0.4) is 0 Å². The van der Waals surface area contributed by atoms with Gasteiger partial charge in [-0.3, -0.25) is 4.79 Å². The van der Waals surface area contributed by atoms with E-state index in [4.69, 9.17) is 27.3 Å². The molecule has 0 radical (unpaired) electrons. The van der Waals surface area contributed by atoms with Gasteiger partial charge in [0.15, 0.2) is 6.61 Å². The van der Waals surface area contributed by atoms with Crippen LogP contribution >= 0.6 is 11.6 Å². The van der Waals surface area contributed by atoms with Crippen molar-refractivity contribution in [3.63, 3.8) is 0 Å². The van der Waals surface area contributed by atoms with Crippen LogP contribution in [0.25, 0.3) is 0 Å². The van der Waals surface area contributed by atoms with Crippen molar-refractivity contribution in [3.8, 4) is 11.8 Å². The van der Waals surface area contributed by atoms with Crippen molar-refractivity contribution in [2.45, 2.75) is 0 Å². The first-order valence-electron chi connectivity index (χ1n) is 3.74. The molecular weight excluding hydrogens is 204 g/mol. The summed E-state index contributed by atoms with van der Waals surface area (Å²) in [6, 6.07) is 6.45. The van der Waals surface area contributed by atoms with Crippen LogP contribution in [-0.2, 0) is 4.79 Å². The van der Waals surface area contributed by atoms with Gasteiger partial charge in [0.2, 0.25) is 0 Å². The number of amides is 1. The number of hydrogen-bond donors (Lipinski definition) is 1. The molecule has 1 rings (SSSR count). The minimum absolute atomic E-state index is 0.263. The monoisotopic (exact) mass is 210 g/mol. The van der Waals surface area contributed by atoms with Crippen LogP contribution in [-0.4, -0.2) is 12.5 Å². The molecule has 0 saturated heterocycles. The molecule has 2 N–H and O–H groups in total. The van der Waals surface area contributed by atoms with E-state index in [2.05, 4.69) is 0 Å². The minimum Gasteiger partial charge on any atom is -0.482 e. The van der Waals surface area contributed by atoms with Crippen molar-refractivity contribution in [1.29, 1.82) is 5.26 Å².